The molecule has 6 heteroatoms. The summed E-state index contributed by atoms with van der Waals surface area (Å²) >= 11 is 0. The van der Waals surface area contributed by atoms with Gasteiger partial charge in [0.1, 0.15) is 5.75 Å². The highest BCUT2D eigenvalue weighted by Gasteiger charge is 2.21. The molecule has 0 saturated heterocycles. The van der Waals surface area contributed by atoms with E-state index in [0.29, 0.717) is 6.61 Å². The maximum Gasteiger partial charge on any atom is 0.338 e. The molecule has 0 fully saturated rings. The molecule has 20 heavy (non-hydrogen) atoms. The number of rotatable bonds is 5. The Labute approximate surface area is 115 Å². The van der Waals surface area contributed by atoms with Gasteiger partial charge in [0.25, 0.3) is 0 Å². The molecule has 0 bridgehead atoms. The molecule has 0 N–H and O–H groups in total. The van der Waals surface area contributed by atoms with Gasteiger partial charge in [-0.3, -0.25) is 10.1 Å². The minimum absolute atomic E-state index is 0.109. The monoisotopic (exact) mass is 274 g/mol. The summed E-state index contributed by atoms with van der Waals surface area (Å²) in [5, 5.41) is 14.5. The van der Waals surface area contributed by atoms with Crippen molar-refractivity contribution < 1.29 is 14.2 Å². The predicted octanol–water partition coefficient (Wildman–Crippen LogP) is 3.46. The van der Waals surface area contributed by atoms with Crippen LogP contribution in [0.1, 0.15) is 23.9 Å². The molecule has 0 atom stereocenters. The van der Waals surface area contributed by atoms with Gasteiger partial charge in [0.15, 0.2) is 5.69 Å². The van der Waals surface area contributed by atoms with Crippen LogP contribution in [0.15, 0.2) is 28.8 Å². The van der Waals surface area contributed by atoms with Crippen LogP contribution in [0.3, 0.4) is 0 Å². The smallest absolute Gasteiger partial charge is 0.338 e. The van der Waals surface area contributed by atoms with E-state index in [9.17, 15) is 10.1 Å². The topological polar surface area (TPSA) is 78.4 Å². The van der Waals surface area contributed by atoms with Gasteiger partial charge in [-0.05, 0) is 37.6 Å². The average molecular weight is 274 g/mol. The van der Waals surface area contributed by atoms with E-state index in [1.807, 2.05) is 31.2 Å². The SMILES string of the molecule is CCOc1cccc(/C=C/c2onc(C)c2[N+](=O)[O-])c1. The fraction of sp³-hybridized carbons (Fsp3) is 0.214. The normalized spacial score (nSPS) is 10.9. The Bertz CT molecular complexity index is 646. The zero-order chi connectivity index (χ0) is 14.5. The molecule has 0 unspecified atom stereocenters. The maximum absolute atomic E-state index is 10.9. The van der Waals surface area contributed by atoms with E-state index in [4.69, 9.17) is 9.26 Å². The van der Waals surface area contributed by atoms with Gasteiger partial charge in [-0.25, -0.2) is 0 Å². The largest absolute Gasteiger partial charge is 0.494 e. The Morgan fingerprint density at radius 2 is 2.25 bits per heavy atom. The maximum atomic E-state index is 10.9. The van der Waals surface area contributed by atoms with Gasteiger partial charge in [-0.1, -0.05) is 23.4 Å². The zero-order valence-corrected chi connectivity index (χ0v) is 11.2. The quantitative estimate of drug-likeness (QED) is 0.616. The van der Waals surface area contributed by atoms with Crippen LogP contribution in [0.5, 0.6) is 5.75 Å². The average Bonchev–Trinajstić information content (AvgIpc) is 2.78. The summed E-state index contributed by atoms with van der Waals surface area (Å²) in [6.45, 7) is 4.03. The van der Waals surface area contributed by atoms with Crippen LogP contribution < -0.4 is 4.74 Å². The number of hydrogen-bond donors (Lipinski definition) is 0. The van der Waals surface area contributed by atoms with E-state index in [0.717, 1.165) is 11.3 Å². The molecule has 2 aromatic rings. The van der Waals surface area contributed by atoms with Gasteiger partial charge in [-0.2, -0.15) is 0 Å². The molecular formula is C14H14N2O4. The Morgan fingerprint density at radius 1 is 1.45 bits per heavy atom. The molecule has 2 rings (SSSR count). The predicted molar refractivity (Wildman–Crippen MR) is 74.4 cm³/mol. The van der Waals surface area contributed by atoms with Crippen LogP contribution in [0.2, 0.25) is 0 Å². The van der Waals surface area contributed by atoms with Gasteiger partial charge in [0.2, 0.25) is 5.76 Å². The van der Waals surface area contributed by atoms with Gasteiger partial charge in [0.05, 0.1) is 11.5 Å². The highest BCUT2D eigenvalue weighted by atomic mass is 16.6. The molecule has 0 amide bonds. The van der Waals surface area contributed by atoms with Gasteiger partial charge < -0.3 is 9.26 Å². The van der Waals surface area contributed by atoms with Crippen molar-refractivity contribution in [2.45, 2.75) is 13.8 Å². The van der Waals surface area contributed by atoms with Crippen LogP contribution in [0.4, 0.5) is 5.69 Å². The molecular weight excluding hydrogens is 260 g/mol. The molecule has 0 aliphatic heterocycles. The number of aryl methyl sites for hydroxylation is 1. The molecule has 104 valence electrons. The number of aromatic nitrogens is 1. The van der Waals surface area contributed by atoms with Crippen molar-refractivity contribution in [2.24, 2.45) is 0 Å². The Hall–Kier alpha value is -2.63. The first-order valence-corrected chi connectivity index (χ1v) is 6.13. The van der Waals surface area contributed by atoms with Gasteiger partial charge >= 0.3 is 5.69 Å². The van der Waals surface area contributed by atoms with E-state index in [1.54, 1.807) is 6.08 Å². The summed E-state index contributed by atoms with van der Waals surface area (Å²) in [6, 6.07) is 7.41. The third-order valence-electron chi connectivity index (χ3n) is 2.64. The first kappa shape index (κ1) is 13.8. The summed E-state index contributed by atoms with van der Waals surface area (Å²) in [7, 11) is 0. The second kappa shape index (κ2) is 6.01. The molecule has 6 nitrogen and oxygen atoms in total. The van der Waals surface area contributed by atoms with E-state index in [2.05, 4.69) is 5.16 Å². The second-order valence-corrected chi connectivity index (χ2v) is 4.08. The number of ether oxygens (including phenoxy) is 1. The third kappa shape index (κ3) is 3.03. The number of benzene rings is 1. The fourth-order valence-corrected chi connectivity index (χ4v) is 1.76. The lowest BCUT2D eigenvalue weighted by molar-refractivity contribution is -0.386. The molecule has 0 spiro atoms. The number of nitro groups is 1. The van der Waals surface area contributed by atoms with E-state index >= 15 is 0 Å². The number of hydrogen-bond acceptors (Lipinski definition) is 5. The second-order valence-electron chi connectivity index (χ2n) is 4.08. The Balaban J connectivity index is 2.25. The van der Waals surface area contributed by atoms with Gasteiger partial charge in [-0.15, -0.1) is 0 Å². The molecule has 0 aliphatic carbocycles. The Morgan fingerprint density at radius 3 is 2.95 bits per heavy atom. The van der Waals surface area contributed by atoms with Crippen molar-refractivity contribution in [2.75, 3.05) is 6.61 Å². The zero-order valence-electron chi connectivity index (χ0n) is 11.2. The van der Waals surface area contributed by atoms with Crippen molar-refractivity contribution in [1.29, 1.82) is 0 Å². The van der Waals surface area contributed by atoms with E-state index in [-0.39, 0.29) is 17.1 Å². The molecule has 1 aromatic heterocycles. The first-order chi connectivity index (χ1) is 9.61. The summed E-state index contributed by atoms with van der Waals surface area (Å²) in [5.74, 6) is 0.882. The standard InChI is InChI=1S/C14H14N2O4/c1-3-19-12-6-4-5-11(9-12)7-8-13-14(16(17)18)10(2)15-20-13/h4-9H,3H2,1-2H3/b8-7+. The molecule has 1 aromatic carbocycles. The third-order valence-corrected chi connectivity index (χ3v) is 2.64. The lowest BCUT2D eigenvalue weighted by Gasteiger charge is -2.02. The van der Waals surface area contributed by atoms with Crippen molar-refractivity contribution >= 4 is 17.8 Å². The van der Waals surface area contributed by atoms with Crippen LogP contribution in [-0.4, -0.2) is 16.7 Å². The summed E-state index contributed by atoms with van der Waals surface area (Å²) in [6.07, 6.45) is 3.25. The van der Waals surface area contributed by atoms with E-state index in [1.165, 1.54) is 13.0 Å². The summed E-state index contributed by atoms with van der Waals surface area (Å²) in [4.78, 5) is 10.4. The number of nitrogens with zero attached hydrogens (tertiary/aromatic N) is 2. The lowest BCUT2D eigenvalue weighted by atomic mass is 10.2. The van der Waals surface area contributed by atoms with Crippen LogP contribution in [-0.2, 0) is 0 Å². The van der Waals surface area contributed by atoms with Crippen LogP contribution in [0.25, 0.3) is 12.2 Å². The first-order valence-electron chi connectivity index (χ1n) is 6.13. The lowest BCUT2D eigenvalue weighted by Crippen LogP contribution is -1.91. The van der Waals surface area contributed by atoms with Crippen molar-refractivity contribution in [3.63, 3.8) is 0 Å². The molecule has 0 radical (unpaired) electrons. The molecule has 0 aliphatic rings. The Kier molecular flexibility index (Phi) is 4.14. The summed E-state index contributed by atoms with van der Waals surface area (Å²) in [5.41, 5.74) is 1.01. The van der Waals surface area contributed by atoms with Crippen molar-refractivity contribution in [1.82, 2.24) is 5.16 Å². The minimum Gasteiger partial charge on any atom is -0.494 e. The highest BCUT2D eigenvalue weighted by molar-refractivity contribution is 5.72. The van der Waals surface area contributed by atoms with Crippen LogP contribution >= 0.6 is 0 Å². The fourth-order valence-electron chi connectivity index (χ4n) is 1.76. The molecule has 1 heterocycles. The van der Waals surface area contributed by atoms with Crippen molar-refractivity contribution in [3.8, 4) is 5.75 Å². The highest BCUT2D eigenvalue weighted by Crippen LogP contribution is 2.25. The van der Waals surface area contributed by atoms with Crippen molar-refractivity contribution in [3.05, 3.63) is 51.4 Å². The molecule has 0 saturated carbocycles. The summed E-state index contributed by atoms with van der Waals surface area (Å²) < 4.78 is 10.3. The van der Waals surface area contributed by atoms with Crippen LogP contribution in [0, 0.1) is 17.0 Å². The van der Waals surface area contributed by atoms with E-state index < -0.39 is 4.92 Å². The van der Waals surface area contributed by atoms with Gasteiger partial charge in [0, 0.05) is 0 Å². The minimum atomic E-state index is -0.498.